The van der Waals surface area contributed by atoms with Crippen LogP contribution in [0.15, 0.2) is 42.5 Å². The molecule has 0 spiro atoms. The summed E-state index contributed by atoms with van der Waals surface area (Å²) < 4.78 is 27.0. The maximum atomic E-state index is 13.8. The van der Waals surface area contributed by atoms with Crippen molar-refractivity contribution in [2.75, 3.05) is 0 Å². The third-order valence-electron chi connectivity index (χ3n) is 3.36. The highest BCUT2D eigenvalue weighted by Crippen LogP contribution is 2.29. The highest BCUT2D eigenvalue weighted by atomic mass is 19.1. The van der Waals surface area contributed by atoms with Crippen LogP contribution in [0.2, 0.25) is 0 Å². The minimum Gasteiger partial charge on any atom is -0.481 e. The van der Waals surface area contributed by atoms with E-state index in [1.165, 1.54) is 0 Å². The third-order valence-corrected chi connectivity index (χ3v) is 3.36. The van der Waals surface area contributed by atoms with Crippen LogP contribution in [0.3, 0.4) is 0 Å². The number of benzene rings is 2. The SMILES string of the molecule is CC(C)(C(=O)O)c1cccc(-c2cc(F)ccc2F)c1. The van der Waals surface area contributed by atoms with E-state index in [4.69, 9.17) is 0 Å². The molecule has 2 aromatic rings. The number of carboxylic acids is 1. The molecular weight excluding hydrogens is 262 g/mol. The normalized spacial score (nSPS) is 11.4. The quantitative estimate of drug-likeness (QED) is 0.920. The molecule has 104 valence electrons. The molecule has 0 atom stereocenters. The van der Waals surface area contributed by atoms with E-state index in [1.807, 2.05) is 0 Å². The predicted octanol–water partition coefficient (Wildman–Crippen LogP) is 3.99. The number of hydrogen-bond acceptors (Lipinski definition) is 1. The van der Waals surface area contributed by atoms with E-state index in [-0.39, 0.29) is 5.56 Å². The lowest BCUT2D eigenvalue weighted by Crippen LogP contribution is -2.28. The molecule has 4 heteroatoms. The van der Waals surface area contributed by atoms with Gasteiger partial charge in [-0.3, -0.25) is 4.79 Å². The molecule has 0 radical (unpaired) electrons. The zero-order valence-electron chi connectivity index (χ0n) is 11.2. The molecule has 0 aliphatic heterocycles. The number of aliphatic carboxylic acids is 1. The van der Waals surface area contributed by atoms with Crippen molar-refractivity contribution in [3.8, 4) is 11.1 Å². The van der Waals surface area contributed by atoms with Gasteiger partial charge in [-0.25, -0.2) is 8.78 Å². The van der Waals surface area contributed by atoms with E-state index < -0.39 is 23.0 Å². The van der Waals surface area contributed by atoms with Crippen molar-refractivity contribution >= 4 is 5.97 Å². The summed E-state index contributed by atoms with van der Waals surface area (Å²) >= 11 is 0. The molecule has 0 unspecified atom stereocenters. The van der Waals surface area contributed by atoms with E-state index in [0.29, 0.717) is 11.1 Å². The Morgan fingerprint density at radius 3 is 2.45 bits per heavy atom. The van der Waals surface area contributed by atoms with Crippen LogP contribution in [0, 0.1) is 11.6 Å². The first-order chi connectivity index (χ1) is 9.32. The molecular formula is C16H14F2O2. The molecule has 0 aliphatic carbocycles. The summed E-state index contributed by atoms with van der Waals surface area (Å²) in [5.41, 5.74) is 0.00724. The van der Waals surface area contributed by atoms with Gasteiger partial charge < -0.3 is 5.11 Å². The van der Waals surface area contributed by atoms with Crippen molar-refractivity contribution < 1.29 is 18.7 Å². The van der Waals surface area contributed by atoms with Gasteiger partial charge in [0.2, 0.25) is 0 Å². The minimum absolute atomic E-state index is 0.119. The van der Waals surface area contributed by atoms with E-state index in [2.05, 4.69) is 0 Å². The van der Waals surface area contributed by atoms with Crippen LogP contribution in [0.4, 0.5) is 8.78 Å². The lowest BCUT2D eigenvalue weighted by atomic mass is 9.83. The molecule has 0 aromatic heterocycles. The lowest BCUT2D eigenvalue weighted by Gasteiger charge is -2.20. The van der Waals surface area contributed by atoms with Gasteiger partial charge in [0, 0.05) is 5.56 Å². The van der Waals surface area contributed by atoms with Crippen molar-refractivity contribution in [1.82, 2.24) is 0 Å². The number of halogens is 2. The van der Waals surface area contributed by atoms with Crippen LogP contribution in [-0.4, -0.2) is 11.1 Å². The molecule has 2 nitrogen and oxygen atoms in total. The van der Waals surface area contributed by atoms with Gasteiger partial charge in [0.1, 0.15) is 11.6 Å². The van der Waals surface area contributed by atoms with E-state index >= 15 is 0 Å². The Labute approximate surface area is 115 Å². The molecule has 0 aliphatic rings. The Hall–Kier alpha value is -2.23. The van der Waals surface area contributed by atoms with E-state index in [0.717, 1.165) is 18.2 Å². The van der Waals surface area contributed by atoms with Gasteiger partial charge >= 0.3 is 5.97 Å². The monoisotopic (exact) mass is 276 g/mol. The first-order valence-corrected chi connectivity index (χ1v) is 6.12. The average Bonchev–Trinajstić information content (AvgIpc) is 2.41. The highest BCUT2D eigenvalue weighted by molar-refractivity contribution is 5.81. The van der Waals surface area contributed by atoms with Crippen molar-refractivity contribution in [2.24, 2.45) is 0 Å². The number of carboxylic acid groups (broad SMARTS) is 1. The largest absolute Gasteiger partial charge is 0.481 e. The molecule has 0 bridgehead atoms. The Balaban J connectivity index is 2.55. The second kappa shape index (κ2) is 5.04. The molecule has 2 rings (SSSR count). The lowest BCUT2D eigenvalue weighted by molar-refractivity contribution is -0.142. The molecule has 2 aromatic carbocycles. The summed E-state index contributed by atoms with van der Waals surface area (Å²) in [7, 11) is 0. The first-order valence-electron chi connectivity index (χ1n) is 6.12. The van der Waals surface area contributed by atoms with E-state index in [9.17, 15) is 18.7 Å². The van der Waals surface area contributed by atoms with Crippen LogP contribution in [0.25, 0.3) is 11.1 Å². The minimum atomic E-state index is -1.10. The fraction of sp³-hybridized carbons (Fsp3) is 0.188. The van der Waals surface area contributed by atoms with Crippen LogP contribution in [0.1, 0.15) is 19.4 Å². The maximum Gasteiger partial charge on any atom is 0.313 e. The number of carbonyl (C=O) groups is 1. The average molecular weight is 276 g/mol. The second-order valence-corrected chi connectivity index (χ2v) is 5.14. The molecule has 0 amide bonds. The van der Waals surface area contributed by atoms with Crippen LogP contribution in [0.5, 0.6) is 0 Å². The van der Waals surface area contributed by atoms with Gasteiger partial charge in [-0.2, -0.15) is 0 Å². The van der Waals surface area contributed by atoms with Gasteiger partial charge in [-0.1, -0.05) is 18.2 Å². The van der Waals surface area contributed by atoms with Gasteiger partial charge in [0.15, 0.2) is 0 Å². The van der Waals surface area contributed by atoms with Crippen LogP contribution in [-0.2, 0) is 10.2 Å². The fourth-order valence-corrected chi connectivity index (χ4v) is 1.92. The Kier molecular flexibility index (Phi) is 3.57. The van der Waals surface area contributed by atoms with Crippen molar-refractivity contribution in [3.63, 3.8) is 0 Å². The van der Waals surface area contributed by atoms with Gasteiger partial charge in [-0.05, 0) is 49.2 Å². The van der Waals surface area contributed by atoms with Gasteiger partial charge in [0.25, 0.3) is 0 Å². The van der Waals surface area contributed by atoms with Crippen molar-refractivity contribution in [2.45, 2.75) is 19.3 Å². The number of hydrogen-bond donors (Lipinski definition) is 1. The first kappa shape index (κ1) is 14.2. The molecule has 0 heterocycles. The predicted molar refractivity (Wildman–Crippen MR) is 72.5 cm³/mol. The molecule has 1 N–H and O–H groups in total. The van der Waals surface area contributed by atoms with Gasteiger partial charge in [-0.15, -0.1) is 0 Å². The smallest absolute Gasteiger partial charge is 0.313 e. The summed E-state index contributed by atoms with van der Waals surface area (Å²) in [6.07, 6.45) is 0. The summed E-state index contributed by atoms with van der Waals surface area (Å²) in [6, 6.07) is 9.70. The van der Waals surface area contributed by atoms with Crippen LogP contribution >= 0.6 is 0 Å². The summed E-state index contributed by atoms with van der Waals surface area (Å²) in [4.78, 5) is 11.3. The number of rotatable bonds is 3. The maximum absolute atomic E-state index is 13.8. The standard InChI is InChI=1S/C16H14F2O2/c1-16(2,15(19)20)11-5-3-4-10(8-11)13-9-12(17)6-7-14(13)18/h3-9H,1-2H3,(H,19,20). The van der Waals surface area contributed by atoms with Gasteiger partial charge in [0.05, 0.1) is 5.41 Å². The van der Waals surface area contributed by atoms with Crippen LogP contribution < -0.4 is 0 Å². The highest BCUT2D eigenvalue weighted by Gasteiger charge is 2.29. The molecule has 20 heavy (non-hydrogen) atoms. The second-order valence-electron chi connectivity index (χ2n) is 5.14. The van der Waals surface area contributed by atoms with Crippen molar-refractivity contribution in [1.29, 1.82) is 0 Å². The molecule has 0 saturated heterocycles. The summed E-state index contributed by atoms with van der Waals surface area (Å²) in [5.74, 6) is -2.06. The zero-order valence-corrected chi connectivity index (χ0v) is 11.2. The topological polar surface area (TPSA) is 37.3 Å². The Morgan fingerprint density at radius 2 is 1.80 bits per heavy atom. The van der Waals surface area contributed by atoms with E-state index in [1.54, 1.807) is 38.1 Å². The zero-order chi connectivity index (χ0) is 14.9. The molecule has 0 fully saturated rings. The summed E-state index contributed by atoms with van der Waals surface area (Å²) in [6.45, 7) is 3.13. The molecule has 0 saturated carbocycles. The Bertz CT molecular complexity index is 663. The summed E-state index contributed by atoms with van der Waals surface area (Å²) in [5, 5.41) is 9.22. The van der Waals surface area contributed by atoms with Crippen molar-refractivity contribution in [3.05, 3.63) is 59.7 Å². The Morgan fingerprint density at radius 1 is 1.10 bits per heavy atom. The third kappa shape index (κ3) is 2.54. The fourth-order valence-electron chi connectivity index (χ4n) is 1.92.